The molecule has 80 valence electrons. The molecule has 1 spiro atoms. The lowest BCUT2D eigenvalue weighted by Gasteiger charge is -2.04. The molecule has 1 aliphatic heterocycles. The molecule has 1 saturated carbocycles. The van der Waals surface area contributed by atoms with Crippen LogP contribution in [0.4, 0.5) is 0 Å². The van der Waals surface area contributed by atoms with Crippen LogP contribution >= 0.6 is 0 Å². The fraction of sp³-hybridized carbons (Fsp3) is 0.909. The molecule has 3 heteroatoms. The zero-order chi connectivity index (χ0) is 10.2. The highest BCUT2D eigenvalue weighted by molar-refractivity contribution is 5.79. The largest absolute Gasteiger partial charge is 0.464 e. The quantitative estimate of drug-likeness (QED) is 0.513. The molecule has 0 radical (unpaired) electrons. The molecule has 3 nitrogen and oxygen atoms in total. The molecular weight excluding hydrogens is 180 g/mol. The van der Waals surface area contributed by atoms with E-state index in [1.807, 2.05) is 6.92 Å². The van der Waals surface area contributed by atoms with Crippen LogP contribution in [-0.2, 0) is 14.3 Å². The van der Waals surface area contributed by atoms with Crippen molar-refractivity contribution in [2.24, 2.45) is 5.92 Å². The summed E-state index contributed by atoms with van der Waals surface area (Å²) in [5, 5.41) is 0. The van der Waals surface area contributed by atoms with E-state index < -0.39 is 0 Å². The summed E-state index contributed by atoms with van der Waals surface area (Å²) in [6.07, 6.45) is 4.23. The molecule has 0 aromatic carbocycles. The second-order valence-electron chi connectivity index (χ2n) is 4.33. The van der Waals surface area contributed by atoms with Crippen LogP contribution in [0.1, 0.15) is 39.5 Å². The summed E-state index contributed by atoms with van der Waals surface area (Å²) < 4.78 is 10.5. The zero-order valence-corrected chi connectivity index (χ0v) is 8.91. The lowest BCUT2D eigenvalue weighted by molar-refractivity contribution is -0.144. The molecule has 0 aromatic heterocycles. The molecule has 2 aliphatic rings. The van der Waals surface area contributed by atoms with Gasteiger partial charge in [-0.25, -0.2) is 4.79 Å². The van der Waals surface area contributed by atoms with Gasteiger partial charge in [-0.15, -0.1) is 0 Å². The van der Waals surface area contributed by atoms with Crippen molar-refractivity contribution < 1.29 is 14.3 Å². The molecule has 0 bridgehead atoms. The van der Waals surface area contributed by atoms with Crippen molar-refractivity contribution in [3.05, 3.63) is 0 Å². The van der Waals surface area contributed by atoms with E-state index in [2.05, 4.69) is 6.92 Å². The topological polar surface area (TPSA) is 38.8 Å². The first-order valence-electron chi connectivity index (χ1n) is 5.56. The summed E-state index contributed by atoms with van der Waals surface area (Å²) in [6.45, 7) is 4.48. The Labute approximate surface area is 84.8 Å². The van der Waals surface area contributed by atoms with Crippen molar-refractivity contribution in [2.75, 3.05) is 6.61 Å². The maximum absolute atomic E-state index is 11.4. The standard InChI is InChI=1S/C11H18O3/c1-3-8-5-6-11(7-8)9(14-11)10(12)13-4-2/h8-9H,3-7H2,1-2H3. The Morgan fingerprint density at radius 1 is 1.57 bits per heavy atom. The van der Waals surface area contributed by atoms with Crippen molar-refractivity contribution in [3.63, 3.8) is 0 Å². The van der Waals surface area contributed by atoms with Crippen LogP contribution in [0.25, 0.3) is 0 Å². The first-order chi connectivity index (χ1) is 6.72. The highest BCUT2D eigenvalue weighted by Gasteiger charge is 2.63. The molecule has 14 heavy (non-hydrogen) atoms. The number of ether oxygens (including phenoxy) is 2. The lowest BCUT2D eigenvalue weighted by atomic mass is 10.00. The predicted octanol–water partition coefficient (Wildman–Crippen LogP) is 1.90. The Balaban J connectivity index is 1.88. The average molecular weight is 198 g/mol. The summed E-state index contributed by atoms with van der Waals surface area (Å²) in [4.78, 5) is 11.4. The molecule has 3 unspecified atom stereocenters. The maximum atomic E-state index is 11.4. The first-order valence-corrected chi connectivity index (χ1v) is 5.56. The Morgan fingerprint density at radius 2 is 2.36 bits per heavy atom. The van der Waals surface area contributed by atoms with E-state index in [0.29, 0.717) is 6.61 Å². The summed E-state index contributed by atoms with van der Waals surface area (Å²) in [5.41, 5.74) is -0.118. The summed E-state index contributed by atoms with van der Waals surface area (Å²) in [6, 6.07) is 0. The van der Waals surface area contributed by atoms with E-state index >= 15 is 0 Å². The molecule has 0 amide bonds. The van der Waals surface area contributed by atoms with Gasteiger partial charge in [-0.3, -0.25) is 0 Å². The molecule has 0 aromatic rings. The van der Waals surface area contributed by atoms with Gasteiger partial charge >= 0.3 is 5.97 Å². The number of hydrogen-bond acceptors (Lipinski definition) is 3. The van der Waals surface area contributed by atoms with E-state index in [9.17, 15) is 4.79 Å². The Bertz CT molecular complexity index is 239. The van der Waals surface area contributed by atoms with Gasteiger partial charge in [0.25, 0.3) is 0 Å². The van der Waals surface area contributed by atoms with Gasteiger partial charge in [-0.2, -0.15) is 0 Å². The molecule has 1 aliphatic carbocycles. The minimum Gasteiger partial charge on any atom is -0.464 e. The number of rotatable bonds is 3. The number of esters is 1. The number of carbonyl (C=O) groups excluding carboxylic acids is 1. The third-order valence-corrected chi connectivity index (χ3v) is 3.46. The normalized spacial score (nSPS) is 40.1. The van der Waals surface area contributed by atoms with Crippen LogP contribution in [0, 0.1) is 5.92 Å². The van der Waals surface area contributed by atoms with E-state index in [4.69, 9.17) is 9.47 Å². The summed E-state index contributed by atoms with van der Waals surface area (Å²) in [7, 11) is 0. The minimum absolute atomic E-state index is 0.118. The second kappa shape index (κ2) is 3.54. The monoisotopic (exact) mass is 198 g/mol. The van der Waals surface area contributed by atoms with Crippen LogP contribution in [0.3, 0.4) is 0 Å². The second-order valence-corrected chi connectivity index (χ2v) is 4.33. The van der Waals surface area contributed by atoms with Gasteiger partial charge in [0.2, 0.25) is 0 Å². The lowest BCUT2D eigenvalue weighted by Crippen LogP contribution is -2.20. The summed E-state index contributed by atoms with van der Waals surface area (Å²) in [5.74, 6) is 0.582. The van der Waals surface area contributed by atoms with Crippen LogP contribution < -0.4 is 0 Å². The number of carbonyl (C=O) groups is 1. The highest BCUT2D eigenvalue weighted by Crippen LogP contribution is 2.52. The third kappa shape index (κ3) is 1.54. The molecular formula is C11H18O3. The Morgan fingerprint density at radius 3 is 2.93 bits per heavy atom. The fourth-order valence-electron chi connectivity index (χ4n) is 2.52. The van der Waals surface area contributed by atoms with Crippen LogP contribution in [-0.4, -0.2) is 24.3 Å². The molecule has 2 fully saturated rings. The Hall–Kier alpha value is -0.570. The van der Waals surface area contributed by atoms with E-state index in [0.717, 1.165) is 18.8 Å². The fourth-order valence-corrected chi connectivity index (χ4v) is 2.52. The average Bonchev–Trinajstić information content (AvgIpc) is 2.70. The first kappa shape index (κ1) is 9.97. The van der Waals surface area contributed by atoms with E-state index in [1.165, 1.54) is 12.8 Å². The van der Waals surface area contributed by atoms with Crippen LogP contribution in [0.15, 0.2) is 0 Å². The maximum Gasteiger partial charge on any atom is 0.338 e. The SMILES string of the molecule is CCOC(=O)C1OC12CCC(CC)C2. The molecule has 2 rings (SSSR count). The third-order valence-electron chi connectivity index (χ3n) is 3.46. The van der Waals surface area contributed by atoms with Crippen molar-refractivity contribution in [1.29, 1.82) is 0 Å². The van der Waals surface area contributed by atoms with Gasteiger partial charge in [0, 0.05) is 0 Å². The smallest absolute Gasteiger partial charge is 0.338 e. The van der Waals surface area contributed by atoms with Gasteiger partial charge in [-0.1, -0.05) is 13.3 Å². The van der Waals surface area contributed by atoms with Crippen molar-refractivity contribution in [1.82, 2.24) is 0 Å². The zero-order valence-electron chi connectivity index (χ0n) is 8.91. The molecule has 0 N–H and O–H groups in total. The number of hydrogen-bond donors (Lipinski definition) is 0. The Kier molecular flexibility index (Phi) is 2.52. The molecule has 3 atom stereocenters. The van der Waals surface area contributed by atoms with Crippen molar-refractivity contribution in [2.45, 2.75) is 51.2 Å². The van der Waals surface area contributed by atoms with Gasteiger partial charge in [0.1, 0.15) is 5.60 Å². The number of epoxide rings is 1. The molecule has 1 heterocycles. The van der Waals surface area contributed by atoms with E-state index in [-0.39, 0.29) is 17.7 Å². The van der Waals surface area contributed by atoms with Gasteiger partial charge in [-0.05, 0) is 32.1 Å². The van der Waals surface area contributed by atoms with Crippen molar-refractivity contribution in [3.8, 4) is 0 Å². The van der Waals surface area contributed by atoms with Crippen LogP contribution in [0.5, 0.6) is 0 Å². The minimum atomic E-state index is -0.251. The highest BCUT2D eigenvalue weighted by atomic mass is 16.7. The molecule has 1 saturated heterocycles. The van der Waals surface area contributed by atoms with E-state index in [1.54, 1.807) is 0 Å². The van der Waals surface area contributed by atoms with Gasteiger partial charge in [0.15, 0.2) is 6.10 Å². The predicted molar refractivity (Wildman–Crippen MR) is 51.9 cm³/mol. The van der Waals surface area contributed by atoms with Gasteiger partial charge in [0.05, 0.1) is 6.61 Å². The van der Waals surface area contributed by atoms with Crippen LogP contribution in [0.2, 0.25) is 0 Å². The summed E-state index contributed by atoms with van der Waals surface area (Å²) >= 11 is 0. The van der Waals surface area contributed by atoms with Crippen molar-refractivity contribution >= 4 is 5.97 Å². The van der Waals surface area contributed by atoms with Gasteiger partial charge < -0.3 is 9.47 Å².